The number of aliphatic hydroxyl groups is 2. The van der Waals surface area contributed by atoms with Gasteiger partial charge in [0.1, 0.15) is 23.9 Å². The molecule has 6 aliphatic heterocycles. The Morgan fingerprint density at radius 1 is 0.539 bits per heavy atom. The van der Waals surface area contributed by atoms with Gasteiger partial charge in [-0.1, -0.05) is 87.8 Å². The molecule has 0 spiro atoms. The third kappa shape index (κ3) is 13.6. The van der Waals surface area contributed by atoms with E-state index in [0.717, 1.165) is 45.6 Å². The van der Waals surface area contributed by atoms with Gasteiger partial charge in [0.05, 0.1) is 85.8 Å². The molecule has 6 aromatic carbocycles. The van der Waals surface area contributed by atoms with Crippen LogP contribution < -0.4 is 29.3 Å². The summed E-state index contributed by atoms with van der Waals surface area (Å²) in [5.41, 5.74) is 4.72. The molecule has 0 aliphatic carbocycles. The number of hydrogen-bond acceptors (Lipinski definition) is 14. The molecule has 76 heavy (non-hydrogen) atoms. The van der Waals surface area contributed by atoms with E-state index >= 15 is 0 Å². The van der Waals surface area contributed by atoms with Gasteiger partial charge in [-0.15, -0.1) is 0 Å². The van der Waals surface area contributed by atoms with Crippen molar-refractivity contribution in [1.82, 2.24) is 0 Å². The second-order valence-electron chi connectivity index (χ2n) is 18.7. The topological polar surface area (TPSA) is 150 Å². The molecule has 12 rings (SSSR count). The van der Waals surface area contributed by atoms with Gasteiger partial charge in [0.25, 0.3) is 0 Å². The van der Waals surface area contributed by atoms with E-state index in [0.29, 0.717) is 79.6 Å². The Kier molecular flexibility index (Phi) is 17.7. The van der Waals surface area contributed by atoms with Crippen LogP contribution in [0.4, 0.5) is 38.9 Å². The molecule has 1 saturated heterocycles. The van der Waals surface area contributed by atoms with Crippen molar-refractivity contribution >= 4 is 110 Å². The Morgan fingerprint density at radius 3 is 1.39 bits per heavy atom. The molecular formula is C56H51Cl6N3O11. The van der Waals surface area contributed by atoms with Crippen molar-refractivity contribution in [3.05, 3.63) is 164 Å². The summed E-state index contributed by atoms with van der Waals surface area (Å²) in [6.07, 6.45) is 4.94. The fraction of sp³-hybridized carbons (Fsp3) is 0.268. The summed E-state index contributed by atoms with van der Waals surface area (Å²) in [4.78, 5) is 15.3. The van der Waals surface area contributed by atoms with Crippen LogP contribution in [0.3, 0.4) is 0 Å². The first-order chi connectivity index (χ1) is 36.5. The monoisotopic (exact) mass is 1150 g/mol. The van der Waals surface area contributed by atoms with E-state index < -0.39 is 30.0 Å². The molecule has 0 bridgehead atoms. The van der Waals surface area contributed by atoms with Crippen molar-refractivity contribution in [2.24, 2.45) is 0 Å². The highest BCUT2D eigenvalue weighted by Crippen LogP contribution is 2.52. The first-order valence-corrected chi connectivity index (χ1v) is 26.2. The van der Waals surface area contributed by atoms with Gasteiger partial charge in [0, 0.05) is 66.5 Å². The Balaban J connectivity index is 0.000000127. The molecule has 14 nitrogen and oxygen atoms in total. The zero-order valence-corrected chi connectivity index (χ0v) is 45.6. The second kappa shape index (κ2) is 24.4. The van der Waals surface area contributed by atoms with Crippen molar-refractivity contribution in [2.75, 3.05) is 54.8 Å². The highest BCUT2D eigenvalue weighted by Gasteiger charge is 2.40. The first-order valence-electron chi connectivity index (χ1n) is 23.9. The van der Waals surface area contributed by atoms with Gasteiger partial charge in [-0.3, -0.25) is 0 Å². The average molecular weight is 1150 g/mol. The highest BCUT2D eigenvalue weighted by molar-refractivity contribution is 6.32. The lowest BCUT2D eigenvalue weighted by atomic mass is 9.99. The summed E-state index contributed by atoms with van der Waals surface area (Å²) >= 11 is 36.2. The molecule has 0 amide bonds. The van der Waals surface area contributed by atoms with Gasteiger partial charge in [-0.2, -0.15) is 0 Å². The van der Waals surface area contributed by atoms with Crippen molar-refractivity contribution < 1.29 is 52.9 Å². The van der Waals surface area contributed by atoms with E-state index in [2.05, 4.69) is 16.3 Å². The molecule has 20 heteroatoms. The number of anilines is 6. The maximum atomic E-state index is 11.2. The number of benzene rings is 6. The van der Waals surface area contributed by atoms with Crippen molar-refractivity contribution in [3.8, 4) is 34.5 Å². The number of nitrogens with zero attached hydrogens (tertiary/aromatic N) is 2. The number of aliphatic hydroxyl groups excluding tert-OH is 2. The molecule has 0 saturated carbocycles. The van der Waals surface area contributed by atoms with Gasteiger partial charge in [0.2, 0.25) is 0 Å². The van der Waals surface area contributed by atoms with E-state index in [1.165, 1.54) is 0 Å². The smallest absolute Gasteiger partial charge is 0.453 e. The average Bonchev–Trinajstić information content (AvgIpc) is 3.38. The summed E-state index contributed by atoms with van der Waals surface area (Å²) in [5.74, 6) is 3.99. The molecule has 1 fully saturated rings. The van der Waals surface area contributed by atoms with E-state index in [1.54, 1.807) is 63.2 Å². The molecule has 6 aliphatic rings. The maximum Gasteiger partial charge on any atom is 0.509 e. The number of halogens is 6. The molecule has 6 aromatic rings. The van der Waals surface area contributed by atoms with Crippen LogP contribution in [-0.2, 0) is 23.7 Å². The lowest BCUT2D eigenvalue weighted by Gasteiger charge is -2.43. The predicted molar refractivity (Wildman–Crippen MR) is 298 cm³/mol. The van der Waals surface area contributed by atoms with Gasteiger partial charge < -0.3 is 63.2 Å². The Hall–Kier alpha value is -5.59. The molecule has 0 radical (unpaired) electrons. The number of hydrogen-bond donors (Lipinski definition) is 3. The molecule has 3 N–H and O–H groups in total. The Labute approximate surface area is 469 Å². The van der Waals surface area contributed by atoms with Crippen LogP contribution in [0.1, 0.15) is 20.8 Å². The summed E-state index contributed by atoms with van der Waals surface area (Å²) in [6, 6.07) is 32.5. The van der Waals surface area contributed by atoms with E-state index in [-0.39, 0.29) is 25.4 Å². The van der Waals surface area contributed by atoms with E-state index in [9.17, 15) is 15.0 Å². The minimum atomic E-state index is -0.955. The molecule has 5 atom stereocenters. The fourth-order valence-corrected chi connectivity index (χ4v) is 9.55. The zero-order valence-electron chi connectivity index (χ0n) is 41.1. The number of nitrogens with one attached hydrogen (secondary N) is 1. The van der Waals surface area contributed by atoms with Crippen LogP contribution in [0, 0.1) is 0 Å². The lowest BCUT2D eigenvalue weighted by molar-refractivity contribution is -0.0964. The van der Waals surface area contributed by atoms with Crippen molar-refractivity contribution in [3.63, 3.8) is 0 Å². The second-order valence-corrected chi connectivity index (χ2v) is 21.3. The summed E-state index contributed by atoms with van der Waals surface area (Å²) in [7, 11) is 0. The molecule has 1 unspecified atom stereocenters. The van der Waals surface area contributed by atoms with Crippen LogP contribution in [0.15, 0.2) is 133 Å². The molecule has 6 heterocycles. The molecule has 0 aromatic heterocycles. The minimum absolute atomic E-state index is 0.109. The highest BCUT2D eigenvalue weighted by atomic mass is 35.5. The summed E-state index contributed by atoms with van der Waals surface area (Å²) in [5, 5.41) is 27.4. The third-order valence-corrected chi connectivity index (χ3v) is 13.3. The minimum Gasteiger partial charge on any atom is -0.453 e. The Bertz CT molecular complexity index is 2990. The lowest BCUT2D eigenvalue weighted by Crippen LogP contribution is -2.55. The van der Waals surface area contributed by atoms with E-state index in [1.807, 2.05) is 89.8 Å². The van der Waals surface area contributed by atoms with Gasteiger partial charge in [-0.25, -0.2) is 4.79 Å². The maximum absolute atomic E-state index is 11.2. The fourth-order valence-electron chi connectivity index (χ4n) is 8.58. The summed E-state index contributed by atoms with van der Waals surface area (Å²) in [6.45, 7) is 8.03. The van der Waals surface area contributed by atoms with Crippen LogP contribution in [0.2, 0.25) is 30.1 Å². The standard InChI is InChI=1S/C17H15Cl2NO4.C17H13Cl2NO2.C12H7Cl2NO.C10H16O4/c18-9-1-3-11-15(5-9)24-16-6-10(19)2-4-12(16)20(11)13-7-23-8-14(21)17(13)22;18-11-3-5-14-16(8-11)22-17-9-12(19)4-6-15(17)20(14)13-2-1-7-21-10-13;13-7-1-3-9-11(5-7)16-12-6-8(14)2-4-10(12)15-9;1-10(2,3)14-9(11)13-8-5-4-6-12-7-8/h1-6,13-14,17,21-22H,7-8H2;1-6,8-9,13H,7,10H2;1-6,15H;4-5,8H,6-7H2,1-3H3/t13-,14-,17+;13-;;/m01../s1. The SMILES string of the molecule is CC(C)(C)OC(=O)OC1C=CCOC1.Clc1ccc2c(c1)Oc1cc(Cl)ccc1N2.Clc1ccc2c(c1)Oc1cc(Cl)ccc1N2[C@@H]1C=CCOC1.O[C@H]1[C@@H](O)COC[C@@H]1N1c2ccc(Cl)cc2Oc2cc(Cl)ccc21. The van der Waals surface area contributed by atoms with Gasteiger partial charge in [0.15, 0.2) is 34.5 Å². The predicted octanol–water partition coefficient (Wildman–Crippen LogP) is 15.3. The number of carbonyl (C=O) groups is 1. The normalized spacial score (nSPS) is 20.3. The summed E-state index contributed by atoms with van der Waals surface area (Å²) < 4.78 is 43.7. The number of rotatable bonds is 3. The van der Waals surface area contributed by atoms with Gasteiger partial charge >= 0.3 is 6.16 Å². The van der Waals surface area contributed by atoms with Gasteiger partial charge in [-0.05, 0) is 99.6 Å². The number of carbonyl (C=O) groups excluding carboxylic acids is 1. The number of fused-ring (bicyclic) bond motifs is 6. The van der Waals surface area contributed by atoms with Crippen LogP contribution in [0.25, 0.3) is 0 Å². The third-order valence-electron chi connectivity index (χ3n) is 11.9. The first kappa shape index (κ1) is 55.2. The van der Waals surface area contributed by atoms with Crippen LogP contribution in [-0.4, -0.2) is 92.0 Å². The van der Waals surface area contributed by atoms with Crippen LogP contribution in [0.5, 0.6) is 34.5 Å². The quantitative estimate of drug-likeness (QED) is 0.114. The van der Waals surface area contributed by atoms with E-state index in [4.69, 9.17) is 108 Å². The van der Waals surface area contributed by atoms with Crippen molar-refractivity contribution in [2.45, 2.75) is 56.8 Å². The zero-order chi connectivity index (χ0) is 53.7. The van der Waals surface area contributed by atoms with Crippen LogP contribution >= 0.6 is 69.6 Å². The largest absolute Gasteiger partial charge is 0.509 e. The molecular weight excluding hydrogens is 1100 g/mol. The number of ether oxygens (including phenoxy) is 8. The Morgan fingerprint density at radius 2 is 0.961 bits per heavy atom. The molecule has 398 valence electrons. The van der Waals surface area contributed by atoms with Crippen molar-refractivity contribution in [1.29, 1.82) is 0 Å².